The Morgan fingerprint density at radius 1 is 1.08 bits per heavy atom. The van der Waals surface area contributed by atoms with Crippen LogP contribution in [0.1, 0.15) is 36.1 Å². The summed E-state index contributed by atoms with van der Waals surface area (Å²) in [6, 6.07) is 8.63. The van der Waals surface area contributed by atoms with Crippen molar-refractivity contribution in [2.24, 2.45) is 17.8 Å². The Bertz CT molecular complexity index is 1440. The van der Waals surface area contributed by atoms with Gasteiger partial charge in [-0.1, -0.05) is 29.8 Å². The fraction of sp³-hybridized carbons (Fsp3) is 0.429. The summed E-state index contributed by atoms with van der Waals surface area (Å²) in [7, 11) is 1.33. The number of carbonyl (C=O) groups is 4. The molecule has 0 bridgehead atoms. The first-order chi connectivity index (χ1) is 18.6. The Kier molecular flexibility index (Phi) is 6.13. The number of phenols is 1. The minimum atomic E-state index is -1.96. The number of para-hydroxylation sites is 1. The molecular formula is C28H26Cl2N2O6S. The molecule has 11 heteroatoms. The molecule has 0 spiro atoms. The Balaban J connectivity index is 1.51. The van der Waals surface area contributed by atoms with E-state index in [4.69, 9.17) is 27.9 Å². The maximum atomic E-state index is 13.8. The molecule has 6 rings (SSSR count). The molecule has 2 aliphatic carbocycles. The van der Waals surface area contributed by atoms with Crippen LogP contribution in [0.25, 0.3) is 0 Å². The predicted octanol–water partition coefficient (Wildman–Crippen LogP) is 4.04. The van der Waals surface area contributed by atoms with Crippen molar-refractivity contribution in [3.8, 4) is 11.5 Å². The number of rotatable bonds is 5. The average molecular weight is 589 g/mol. The lowest BCUT2D eigenvalue weighted by Gasteiger charge is -2.50. The van der Waals surface area contributed by atoms with Gasteiger partial charge in [-0.05, 0) is 43.2 Å². The summed E-state index contributed by atoms with van der Waals surface area (Å²) in [5.74, 6) is -4.98. The lowest BCUT2D eigenvalue weighted by Crippen LogP contribution is -2.60. The summed E-state index contributed by atoms with van der Waals surface area (Å²) in [5, 5.41) is 13.2. The molecule has 4 aliphatic rings. The van der Waals surface area contributed by atoms with Crippen LogP contribution in [-0.2, 0) is 25.7 Å². The number of amides is 4. The molecule has 0 unspecified atom stereocenters. The number of carbonyl (C=O) groups excluding carboxylic acids is 4. The lowest BCUT2D eigenvalue weighted by molar-refractivity contribution is -0.141. The SMILES string of the molecule is CCOc1cccc([C@H]2C3=CC[C@@H]4C(=O)N(Cc5cccs5)C(=O)[C@@H]4[C@@H]3C[C@@]3(Cl)C(=O)N(C)C(=O)[C@@]23Cl)c1O. The molecule has 204 valence electrons. The van der Waals surface area contributed by atoms with Crippen molar-refractivity contribution >= 4 is 58.2 Å². The van der Waals surface area contributed by atoms with Gasteiger partial charge in [0, 0.05) is 23.4 Å². The minimum absolute atomic E-state index is 0.0890. The highest BCUT2D eigenvalue weighted by atomic mass is 35.5. The number of phenolic OH excluding ortho intramolecular Hbond substituents is 1. The smallest absolute Gasteiger partial charge is 0.253 e. The fourth-order valence-corrected chi connectivity index (χ4v) is 8.62. The molecule has 2 aliphatic heterocycles. The van der Waals surface area contributed by atoms with Crippen molar-refractivity contribution < 1.29 is 29.0 Å². The van der Waals surface area contributed by atoms with Gasteiger partial charge in [-0.25, -0.2) is 0 Å². The van der Waals surface area contributed by atoms with E-state index in [0.717, 1.165) is 9.78 Å². The van der Waals surface area contributed by atoms with Gasteiger partial charge in [-0.2, -0.15) is 0 Å². The number of benzene rings is 1. The highest BCUT2D eigenvalue weighted by Crippen LogP contribution is 2.66. The second-order valence-electron chi connectivity index (χ2n) is 10.5. The second kappa shape index (κ2) is 9.08. The van der Waals surface area contributed by atoms with Gasteiger partial charge in [0.15, 0.2) is 21.2 Å². The number of hydrogen-bond acceptors (Lipinski definition) is 7. The Morgan fingerprint density at radius 3 is 2.54 bits per heavy atom. The number of thiophene rings is 1. The van der Waals surface area contributed by atoms with Gasteiger partial charge < -0.3 is 9.84 Å². The number of allylic oxidation sites excluding steroid dienone is 2. The average Bonchev–Trinajstić information content (AvgIpc) is 3.55. The van der Waals surface area contributed by atoms with E-state index >= 15 is 0 Å². The molecule has 3 heterocycles. The maximum Gasteiger partial charge on any atom is 0.253 e. The zero-order chi connectivity index (χ0) is 27.9. The topological polar surface area (TPSA) is 104 Å². The number of alkyl halides is 2. The Hall–Kier alpha value is -2.88. The molecule has 3 fully saturated rings. The molecule has 2 saturated heterocycles. The maximum absolute atomic E-state index is 13.8. The quantitative estimate of drug-likeness (QED) is 0.321. The summed E-state index contributed by atoms with van der Waals surface area (Å²) in [6.45, 7) is 2.24. The number of imide groups is 2. The van der Waals surface area contributed by atoms with Crippen molar-refractivity contribution in [1.29, 1.82) is 0 Å². The van der Waals surface area contributed by atoms with Crippen molar-refractivity contribution in [2.45, 2.75) is 42.0 Å². The molecule has 1 aromatic carbocycles. The molecule has 4 amide bonds. The third-order valence-corrected chi connectivity index (χ3v) is 10.9. The van der Waals surface area contributed by atoms with Crippen molar-refractivity contribution in [3.63, 3.8) is 0 Å². The van der Waals surface area contributed by atoms with Crippen LogP contribution >= 0.6 is 34.5 Å². The number of aromatic hydroxyl groups is 1. The van der Waals surface area contributed by atoms with Gasteiger partial charge in [0.05, 0.1) is 25.0 Å². The number of likely N-dealkylation sites (tertiary alicyclic amines) is 2. The van der Waals surface area contributed by atoms with Gasteiger partial charge in [-0.3, -0.25) is 29.0 Å². The molecule has 1 aromatic heterocycles. The zero-order valence-electron chi connectivity index (χ0n) is 21.2. The van der Waals surface area contributed by atoms with Gasteiger partial charge in [-0.15, -0.1) is 34.5 Å². The summed E-state index contributed by atoms with van der Waals surface area (Å²) in [4.78, 5) is 53.7. The number of hydrogen-bond donors (Lipinski definition) is 1. The van der Waals surface area contributed by atoms with E-state index in [-0.39, 0.29) is 48.3 Å². The van der Waals surface area contributed by atoms with E-state index in [1.54, 1.807) is 25.1 Å². The van der Waals surface area contributed by atoms with Crippen molar-refractivity contribution in [3.05, 3.63) is 57.8 Å². The van der Waals surface area contributed by atoms with Crippen LogP contribution in [-0.4, -0.2) is 61.9 Å². The van der Waals surface area contributed by atoms with Crippen molar-refractivity contribution in [2.75, 3.05) is 13.7 Å². The largest absolute Gasteiger partial charge is 0.504 e. The van der Waals surface area contributed by atoms with Crippen LogP contribution in [0.5, 0.6) is 11.5 Å². The number of halogens is 2. The second-order valence-corrected chi connectivity index (χ2v) is 12.7. The standard InChI is InChI=1S/C28H26Cl2N2O6S/c1-3-38-19-8-4-7-17(22(19)33)21-15-9-10-16-20(24(35)32(23(16)34)13-14-6-5-11-39-14)18(15)12-27(29)25(36)31(2)26(37)28(21,27)30/h4-9,11,16,18,20-21,33H,3,10,12-13H2,1-2H3/t16-,18+,20-,21+,27+,28-/m0/s1. The molecule has 39 heavy (non-hydrogen) atoms. The normalized spacial score (nSPS) is 33.7. The van der Waals surface area contributed by atoms with Gasteiger partial charge in [0.2, 0.25) is 11.8 Å². The van der Waals surface area contributed by atoms with Crippen LogP contribution in [0.4, 0.5) is 0 Å². The van der Waals surface area contributed by atoms with Crippen LogP contribution in [0.3, 0.4) is 0 Å². The summed E-state index contributed by atoms with van der Waals surface area (Å²) in [6.07, 6.45) is 2.03. The van der Waals surface area contributed by atoms with E-state index in [1.165, 1.54) is 23.3 Å². The van der Waals surface area contributed by atoms with Gasteiger partial charge >= 0.3 is 0 Å². The summed E-state index contributed by atoms with van der Waals surface area (Å²) in [5.41, 5.74) is 0.904. The van der Waals surface area contributed by atoms with E-state index < -0.39 is 45.2 Å². The minimum Gasteiger partial charge on any atom is -0.504 e. The Morgan fingerprint density at radius 2 is 1.85 bits per heavy atom. The lowest BCUT2D eigenvalue weighted by atomic mass is 9.56. The molecule has 1 N–H and O–H groups in total. The van der Waals surface area contributed by atoms with Crippen LogP contribution in [0.15, 0.2) is 47.4 Å². The monoisotopic (exact) mass is 588 g/mol. The van der Waals surface area contributed by atoms with Crippen molar-refractivity contribution in [1.82, 2.24) is 9.80 Å². The number of nitrogens with zero attached hydrogens (tertiary/aromatic N) is 2. The Labute approximate surface area is 239 Å². The van der Waals surface area contributed by atoms with Gasteiger partial charge in [0.25, 0.3) is 11.8 Å². The number of ether oxygens (including phenoxy) is 1. The number of fused-ring (bicyclic) bond motifs is 4. The first-order valence-electron chi connectivity index (χ1n) is 12.8. The van der Waals surface area contributed by atoms with Crippen LogP contribution < -0.4 is 4.74 Å². The third kappa shape index (κ3) is 3.42. The first-order valence-corrected chi connectivity index (χ1v) is 14.4. The molecule has 8 nitrogen and oxygen atoms in total. The zero-order valence-corrected chi connectivity index (χ0v) is 23.6. The highest BCUT2D eigenvalue weighted by Gasteiger charge is 2.76. The van der Waals surface area contributed by atoms with Crippen LogP contribution in [0, 0.1) is 17.8 Å². The highest BCUT2D eigenvalue weighted by molar-refractivity contribution is 7.09. The van der Waals surface area contributed by atoms with E-state index in [1.807, 2.05) is 23.6 Å². The fourth-order valence-electron chi connectivity index (χ4n) is 6.91. The molecule has 0 radical (unpaired) electrons. The summed E-state index contributed by atoms with van der Waals surface area (Å²) < 4.78 is 5.59. The van der Waals surface area contributed by atoms with E-state index in [2.05, 4.69) is 0 Å². The summed E-state index contributed by atoms with van der Waals surface area (Å²) >= 11 is 15.8. The molecular weight excluding hydrogens is 563 g/mol. The predicted molar refractivity (Wildman–Crippen MR) is 145 cm³/mol. The van der Waals surface area contributed by atoms with E-state index in [9.17, 15) is 24.3 Å². The molecule has 2 aromatic rings. The van der Waals surface area contributed by atoms with Gasteiger partial charge in [0.1, 0.15) is 0 Å². The molecule has 6 atom stereocenters. The van der Waals surface area contributed by atoms with Crippen LogP contribution in [0.2, 0.25) is 0 Å². The molecule has 1 saturated carbocycles. The van der Waals surface area contributed by atoms with E-state index in [0.29, 0.717) is 12.2 Å². The third-order valence-electron chi connectivity index (χ3n) is 8.64. The first kappa shape index (κ1) is 26.3.